The molecule has 20 heavy (non-hydrogen) atoms. The van der Waals surface area contributed by atoms with E-state index in [0.29, 0.717) is 5.75 Å². The average Bonchev–Trinajstić information content (AvgIpc) is 2.36. The molecule has 0 aliphatic heterocycles. The first-order valence-corrected chi connectivity index (χ1v) is 7.09. The number of halogens is 1. The second kappa shape index (κ2) is 7.89. The Kier molecular flexibility index (Phi) is 6.51. The van der Waals surface area contributed by atoms with Crippen LogP contribution in [0.1, 0.15) is 13.8 Å². The van der Waals surface area contributed by atoms with Gasteiger partial charge in [0.15, 0.2) is 6.61 Å². The van der Waals surface area contributed by atoms with E-state index < -0.39 is 0 Å². The van der Waals surface area contributed by atoms with Gasteiger partial charge < -0.3 is 15.0 Å². The summed E-state index contributed by atoms with van der Waals surface area (Å²) < 4.78 is 6.31. The van der Waals surface area contributed by atoms with Gasteiger partial charge in [-0.3, -0.25) is 9.59 Å². The molecule has 0 unspecified atom stereocenters. The number of hydrogen-bond donors (Lipinski definition) is 1. The maximum absolute atomic E-state index is 11.8. The topological polar surface area (TPSA) is 58.6 Å². The highest BCUT2D eigenvalue weighted by Gasteiger charge is 2.13. The smallest absolute Gasteiger partial charge is 0.260 e. The highest BCUT2D eigenvalue weighted by atomic mass is 79.9. The summed E-state index contributed by atoms with van der Waals surface area (Å²) in [5, 5.41) is 2.73. The van der Waals surface area contributed by atoms with Crippen molar-refractivity contribution in [2.24, 2.45) is 0 Å². The summed E-state index contributed by atoms with van der Waals surface area (Å²) in [6.07, 6.45) is 0. The van der Waals surface area contributed by atoms with Crippen molar-refractivity contribution in [3.8, 4) is 5.75 Å². The molecule has 6 heteroatoms. The molecule has 0 atom stereocenters. The first kappa shape index (κ1) is 16.5. The third kappa shape index (κ3) is 6.06. The molecule has 1 aromatic rings. The van der Waals surface area contributed by atoms with Crippen LogP contribution in [0, 0.1) is 0 Å². The van der Waals surface area contributed by atoms with Gasteiger partial charge in [0.05, 0.1) is 6.54 Å². The quantitative estimate of drug-likeness (QED) is 0.857. The number of amides is 2. The van der Waals surface area contributed by atoms with Crippen LogP contribution >= 0.6 is 15.9 Å². The van der Waals surface area contributed by atoms with Gasteiger partial charge in [-0.2, -0.15) is 0 Å². The lowest BCUT2D eigenvalue weighted by Gasteiger charge is -2.18. The third-order valence-corrected chi connectivity index (χ3v) is 2.96. The molecule has 0 radical (unpaired) electrons. The molecule has 1 aromatic carbocycles. The van der Waals surface area contributed by atoms with E-state index in [1.54, 1.807) is 19.2 Å². The Morgan fingerprint density at radius 1 is 1.30 bits per heavy atom. The predicted octanol–water partition coefficient (Wildman–Crippen LogP) is 1.81. The monoisotopic (exact) mass is 342 g/mol. The molecule has 0 aliphatic rings. The van der Waals surface area contributed by atoms with Gasteiger partial charge >= 0.3 is 0 Å². The molecule has 0 aromatic heterocycles. The van der Waals surface area contributed by atoms with Crippen molar-refractivity contribution in [3.05, 3.63) is 28.7 Å². The molecule has 0 saturated carbocycles. The maximum atomic E-state index is 11.8. The first-order valence-electron chi connectivity index (χ1n) is 6.30. The van der Waals surface area contributed by atoms with Crippen LogP contribution in [0.15, 0.2) is 28.7 Å². The predicted molar refractivity (Wildman–Crippen MR) is 80.6 cm³/mol. The molecular formula is C14H19BrN2O3. The summed E-state index contributed by atoms with van der Waals surface area (Å²) in [5.41, 5.74) is 0. The Balaban J connectivity index is 2.38. The van der Waals surface area contributed by atoms with E-state index in [4.69, 9.17) is 4.74 Å². The van der Waals surface area contributed by atoms with E-state index in [1.807, 2.05) is 26.0 Å². The summed E-state index contributed by atoms with van der Waals surface area (Å²) >= 11 is 3.32. The van der Waals surface area contributed by atoms with Crippen molar-refractivity contribution < 1.29 is 14.3 Å². The van der Waals surface area contributed by atoms with E-state index in [1.165, 1.54) is 4.90 Å². The lowest BCUT2D eigenvalue weighted by molar-refractivity contribution is -0.136. The minimum absolute atomic E-state index is 0.0285. The van der Waals surface area contributed by atoms with Crippen LogP contribution in [-0.2, 0) is 9.59 Å². The van der Waals surface area contributed by atoms with Gasteiger partial charge in [0.1, 0.15) is 5.75 Å². The van der Waals surface area contributed by atoms with Crippen molar-refractivity contribution in [1.29, 1.82) is 0 Å². The van der Waals surface area contributed by atoms with E-state index in [0.717, 1.165) is 4.47 Å². The molecule has 1 N–H and O–H groups in total. The molecule has 0 heterocycles. The van der Waals surface area contributed by atoms with Crippen molar-refractivity contribution in [2.75, 3.05) is 20.2 Å². The third-order valence-electron chi connectivity index (χ3n) is 2.43. The fourth-order valence-electron chi connectivity index (χ4n) is 1.46. The maximum Gasteiger partial charge on any atom is 0.260 e. The Morgan fingerprint density at radius 3 is 2.45 bits per heavy atom. The first-order chi connectivity index (χ1) is 9.38. The highest BCUT2D eigenvalue weighted by Crippen LogP contribution is 2.15. The van der Waals surface area contributed by atoms with Gasteiger partial charge in [0, 0.05) is 17.6 Å². The van der Waals surface area contributed by atoms with Gasteiger partial charge in [0.25, 0.3) is 5.91 Å². The summed E-state index contributed by atoms with van der Waals surface area (Å²) in [5.74, 6) is 0.188. The van der Waals surface area contributed by atoms with Crippen LogP contribution in [0.3, 0.4) is 0 Å². The van der Waals surface area contributed by atoms with E-state index >= 15 is 0 Å². The van der Waals surface area contributed by atoms with Crippen LogP contribution in [-0.4, -0.2) is 43.0 Å². The molecule has 0 aliphatic carbocycles. The largest absolute Gasteiger partial charge is 0.484 e. The molecule has 5 nitrogen and oxygen atoms in total. The number of benzene rings is 1. The molecule has 110 valence electrons. The second-order valence-corrected chi connectivity index (χ2v) is 5.63. The fourth-order valence-corrected chi connectivity index (χ4v) is 1.72. The van der Waals surface area contributed by atoms with Gasteiger partial charge in [-0.1, -0.05) is 15.9 Å². The molecular weight excluding hydrogens is 324 g/mol. The summed E-state index contributed by atoms with van der Waals surface area (Å²) in [7, 11) is 1.58. The molecule has 0 bridgehead atoms. The number of likely N-dealkylation sites (N-methyl/N-ethyl adjacent to an activating group) is 1. The average molecular weight is 343 g/mol. The minimum Gasteiger partial charge on any atom is -0.484 e. The van der Waals surface area contributed by atoms with Gasteiger partial charge in [0.2, 0.25) is 5.91 Å². The molecule has 0 spiro atoms. The number of nitrogens with zero attached hydrogens (tertiary/aromatic N) is 1. The van der Waals surface area contributed by atoms with Crippen molar-refractivity contribution in [3.63, 3.8) is 0 Å². The lowest BCUT2D eigenvalue weighted by Crippen LogP contribution is -2.42. The SMILES string of the molecule is CC(C)NC(=O)CN(C)C(=O)COc1ccc(Br)cc1. The second-order valence-electron chi connectivity index (χ2n) is 4.71. The number of ether oxygens (including phenoxy) is 1. The molecule has 0 saturated heterocycles. The number of hydrogen-bond acceptors (Lipinski definition) is 3. The Bertz CT molecular complexity index is 460. The zero-order valence-electron chi connectivity index (χ0n) is 11.9. The number of carbonyl (C=O) groups is 2. The van der Waals surface area contributed by atoms with Crippen LogP contribution in [0.2, 0.25) is 0 Å². The van der Waals surface area contributed by atoms with E-state index in [-0.39, 0.29) is 31.0 Å². The standard InChI is InChI=1S/C14H19BrN2O3/c1-10(2)16-13(18)8-17(3)14(19)9-20-12-6-4-11(15)5-7-12/h4-7,10H,8-9H2,1-3H3,(H,16,18). The Hall–Kier alpha value is -1.56. The summed E-state index contributed by atoms with van der Waals surface area (Å²) in [6.45, 7) is 3.68. The van der Waals surface area contributed by atoms with E-state index in [2.05, 4.69) is 21.2 Å². The molecule has 0 fully saturated rings. The number of carbonyl (C=O) groups excluding carboxylic acids is 2. The van der Waals surface area contributed by atoms with Crippen molar-refractivity contribution in [2.45, 2.75) is 19.9 Å². The fraction of sp³-hybridized carbons (Fsp3) is 0.429. The van der Waals surface area contributed by atoms with Crippen molar-refractivity contribution >= 4 is 27.7 Å². The number of rotatable bonds is 6. The van der Waals surface area contributed by atoms with E-state index in [9.17, 15) is 9.59 Å². The molecule has 2 amide bonds. The Morgan fingerprint density at radius 2 is 1.90 bits per heavy atom. The Labute approximate surface area is 127 Å². The van der Waals surface area contributed by atoms with Crippen LogP contribution in [0.4, 0.5) is 0 Å². The lowest BCUT2D eigenvalue weighted by atomic mass is 10.3. The van der Waals surface area contributed by atoms with Gasteiger partial charge in [-0.15, -0.1) is 0 Å². The normalized spacial score (nSPS) is 10.2. The minimum atomic E-state index is -0.244. The van der Waals surface area contributed by atoms with Crippen LogP contribution < -0.4 is 10.1 Å². The van der Waals surface area contributed by atoms with Crippen LogP contribution in [0.5, 0.6) is 5.75 Å². The van der Waals surface area contributed by atoms with Gasteiger partial charge in [-0.05, 0) is 38.1 Å². The summed E-state index contributed by atoms with van der Waals surface area (Å²) in [4.78, 5) is 24.7. The molecule has 1 rings (SSSR count). The zero-order valence-corrected chi connectivity index (χ0v) is 13.4. The van der Waals surface area contributed by atoms with Crippen LogP contribution in [0.25, 0.3) is 0 Å². The zero-order chi connectivity index (χ0) is 15.1. The number of nitrogens with one attached hydrogen (secondary N) is 1. The summed E-state index contributed by atoms with van der Waals surface area (Å²) in [6, 6.07) is 7.26. The van der Waals surface area contributed by atoms with Crippen molar-refractivity contribution in [1.82, 2.24) is 10.2 Å². The highest BCUT2D eigenvalue weighted by molar-refractivity contribution is 9.10. The van der Waals surface area contributed by atoms with Gasteiger partial charge in [-0.25, -0.2) is 0 Å².